The van der Waals surface area contributed by atoms with Gasteiger partial charge in [0.2, 0.25) is 0 Å². The average molecular weight is 749 g/mol. The van der Waals surface area contributed by atoms with E-state index in [9.17, 15) is 21.6 Å². The van der Waals surface area contributed by atoms with Crippen molar-refractivity contribution in [1.82, 2.24) is 0 Å². The lowest BCUT2D eigenvalue weighted by molar-refractivity contribution is 0.103. The van der Waals surface area contributed by atoms with Crippen LogP contribution in [0.3, 0.4) is 0 Å². The lowest BCUT2D eigenvalue weighted by atomic mass is 9.98. The third-order valence-corrected chi connectivity index (χ3v) is 15.5. The van der Waals surface area contributed by atoms with E-state index in [0.717, 1.165) is 82.4 Å². The van der Waals surface area contributed by atoms with Crippen LogP contribution < -0.4 is 9.80 Å². The zero-order valence-corrected chi connectivity index (χ0v) is 32.3. The van der Waals surface area contributed by atoms with Crippen LogP contribution in [0, 0.1) is 0 Å². The number of hydrogen-bond acceptors (Lipinski definition) is 9. The fourth-order valence-corrected chi connectivity index (χ4v) is 12.2. The van der Waals surface area contributed by atoms with Gasteiger partial charge >= 0.3 is 0 Å². The van der Waals surface area contributed by atoms with Gasteiger partial charge in [-0.3, -0.25) is 13.2 Å². The van der Waals surface area contributed by atoms with Crippen molar-refractivity contribution in [2.45, 2.75) is 85.2 Å². The van der Waals surface area contributed by atoms with E-state index < -0.39 is 42.5 Å². The third-order valence-electron chi connectivity index (χ3n) is 9.70. The number of nitrogens with zero attached hydrogens (tertiary/aromatic N) is 2. The first-order valence-electron chi connectivity index (χ1n) is 17.3. The van der Waals surface area contributed by atoms with Crippen LogP contribution in [0.15, 0.2) is 92.4 Å². The first-order valence-corrected chi connectivity index (χ1v) is 22.6. The number of aryl methyl sites for hydroxylation is 2. The molecule has 270 valence electrons. The topological polar surface area (TPSA) is 110 Å². The standard InChI is InChI=1S/C39H44N2O7S3/c1-25(2)47-50(43,44)31-13-17-35-27(21-31)9-7-19-40(35)29-11-15-33-37(23-29)49(5,6)38-24-30(12-16-34(38)39(33)42)41-20-8-10-28-22-32(14-18-36(28)41)51(45,46)48-26(3)4/h11-18,21-26H,7-10,19-20H2,1-6H3. The summed E-state index contributed by atoms with van der Waals surface area (Å²) in [6, 6.07) is 22.6. The van der Waals surface area contributed by atoms with Gasteiger partial charge in [0.05, 0.1) is 22.0 Å². The molecule has 51 heavy (non-hydrogen) atoms. The van der Waals surface area contributed by atoms with Gasteiger partial charge < -0.3 is 9.80 Å². The van der Waals surface area contributed by atoms with E-state index in [-0.39, 0.29) is 15.6 Å². The van der Waals surface area contributed by atoms with E-state index in [1.807, 2.05) is 36.4 Å². The predicted octanol–water partition coefficient (Wildman–Crippen LogP) is 8.11. The summed E-state index contributed by atoms with van der Waals surface area (Å²) in [7, 11) is -9.38. The fraction of sp³-hybridized carbons (Fsp3) is 0.359. The largest absolute Gasteiger partial charge is 0.341 e. The third kappa shape index (κ3) is 6.50. The number of fused-ring (bicyclic) bond motifs is 4. The molecule has 0 spiro atoms. The summed E-state index contributed by atoms with van der Waals surface area (Å²) in [6.07, 6.45) is 6.80. The van der Waals surface area contributed by atoms with Crippen LogP contribution >= 0.6 is 10.0 Å². The molecular formula is C39H44N2O7S3. The second-order valence-corrected chi connectivity index (χ2v) is 21.0. The molecule has 7 rings (SSSR count). The maximum Gasteiger partial charge on any atom is 0.297 e. The van der Waals surface area contributed by atoms with E-state index in [1.165, 1.54) is 0 Å². The Bertz CT molecular complexity index is 2120. The van der Waals surface area contributed by atoms with Crippen LogP contribution in [0.2, 0.25) is 0 Å². The van der Waals surface area contributed by atoms with E-state index in [0.29, 0.717) is 11.1 Å². The number of benzene rings is 4. The average Bonchev–Trinajstić information content (AvgIpc) is 3.08. The molecule has 0 atom stereocenters. The number of carbonyl (C=O) groups excluding carboxylic acids is 1. The molecule has 0 radical (unpaired) electrons. The van der Waals surface area contributed by atoms with Crippen LogP contribution in [-0.4, -0.2) is 60.4 Å². The van der Waals surface area contributed by atoms with Crippen molar-refractivity contribution < 1.29 is 30.0 Å². The number of hydrogen-bond donors (Lipinski definition) is 0. The minimum Gasteiger partial charge on any atom is -0.341 e. The molecule has 0 bridgehead atoms. The Morgan fingerprint density at radius 2 is 1.02 bits per heavy atom. The lowest BCUT2D eigenvalue weighted by Crippen LogP contribution is -2.26. The van der Waals surface area contributed by atoms with Crippen LogP contribution in [-0.2, 0) is 41.4 Å². The lowest BCUT2D eigenvalue weighted by Gasteiger charge is -2.41. The molecule has 3 aliphatic rings. The molecule has 0 amide bonds. The Labute approximate surface area is 303 Å². The van der Waals surface area contributed by atoms with Gasteiger partial charge in [0, 0.05) is 56.8 Å². The summed E-state index contributed by atoms with van der Waals surface area (Å²) in [5.41, 5.74) is 7.17. The number of rotatable bonds is 8. The SMILES string of the molecule is CC(C)OS(=O)(=O)c1ccc2c(c1)CCCN2c1ccc2c(c1)S(C)(C)c1cc(N3CCCc4cc(S(=O)(=O)OC(C)C)ccc43)ccc1C2=O. The van der Waals surface area contributed by atoms with Gasteiger partial charge in [-0.15, -0.1) is 0 Å². The Morgan fingerprint density at radius 1 is 0.608 bits per heavy atom. The van der Waals surface area contributed by atoms with E-state index in [1.54, 1.807) is 52.0 Å². The molecule has 0 saturated carbocycles. The van der Waals surface area contributed by atoms with E-state index in [2.05, 4.69) is 34.4 Å². The number of carbonyl (C=O) groups is 1. The second-order valence-electron chi connectivity index (χ2n) is 14.3. The van der Waals surface area contributed by atoms with Gasteiger partial charge in [-0.1, -0.05) is 0 Å². The quantitative estimate of drug-likeness (QED) is 0.165. The fourth-order valence-electron chi connectivity index (χ4n) is 7.45. The Balaban J connectivity index is 1.23. The molecule has 3 aliphatic heterocycles. The maximum absolute atomic E-state index is 14.0. The molecule has 3 heterocycles. The van der Waals surface area contributed by atoms with Gasteiger partial charge in [-0.2, -0.15) is 26.9 Å². The highest BCUT2D eigenvalue weighted by Gasteiger charge is 2.36. The first-order chi connectivity index (χ1) is 24.1. The van der Waals surface area contributed by atoms with Gasteiger partial charge in [-0.25, -0.2) is 0 Å². The highest BCUT2D eigenvalue weighted by molar-refractivity contribution is 8.33. The van der Waals surface area contributed by atoms with Crippen LogP contribution in [0.1, 0.15) is 67.6 Å². The predicted molar refractivity (Wildman–Crippen MR) is 203 cm³/mol. The molecular weight excluding hydrogens is 705 g/mol. The molecule has 0 aromatic heterocycles. The number of ketones is 1. The Kier molecular flexibility index (Phi) is 9.15. The van der Waals surface area contributed by atoms with Gasteiger partial charge in [0.25, 0.3) is 20.2 Å². The first kappa shape index (κ1) is 35.7. The summed E-state index contributed by atoms with van der Waals surface area (Å²) in [4.78, 5) is 20.8. The minimum atomic E-state index is -3.86. The summed E-state index contributed by atoms with van der Waals surface area (Å²) >= 11 is 0. The van der Waals surface area contributed by atoms with Crippen molar-refractivity contribution in [3.8, 4) is 0 Å². The Hall–Kier alpha value is -3.68. The van der Waals surface area contributed by atoms with Crippen LogP contribution in [0.25, 0.3) is 0 Å². The van der Waals surface area contributed by atoms with Crippen molar-refractivity contribution in [2.24, 2.45) is 0 Å². The van der Waals surface area contributed by atoms with E-state index in [4.69, 9.17) is 8.37 Å². The Morgan fingerprint density at radius 3 is 1.41 bits per heavy atom. The normalized spacial score (nSPS) is 17.5. The molecule has 4 aromatic rings. The molecule has 0 unspecified atom stereocenters. The molecule has 0 saturated heterocycles. The highest BCUT2D eigenvalue weighted by atomic mass is 32.3. The van der Waals surface area contributed by atoms with Gasteiger partial charge in [-0.05, 0) is 150 Å². The minimum absolute atomic E-state index is 0.00279. The van der Waals surface area contributed by atoms with Crippen LogP contribution in [0.5, 0.6) is 0 Å². The molecule has 0 N–H and O–H groups in total. The van der Waals surface area contributed by atoms with Crippen molar-refractivity contribution in [3.05, 3.63) is 95.1 Å². The molecule has 9 nitrogen and oxygen atoms in total. The van der Waals surface area contributed by atoms with E-state index >= 15 is 0 Å². The second kappa shape index (κ2) is 13.1. The summed E-state index contributed by atoms with van der Waals surface area (Å²) < 4.78 is 61.7. The molecule has 0 fully saturated rings. The van der Waals surface area contributed by atoms with Crippen molar-refractivity contribution in [3.63, 3.8) is 0 Å². The summed E-state index contributed by atoms with van der Waals surface area (Å²) in [5.74, 6) is 0.00279. The van der Waals surface area contributed by atoms with Gasteiger partial charge in [0.1, 0.15) is 0 Å². The van der Waals surface area contributed by atoms with Crippen molar-refractivity contribution in [1.29, 1.82) is 0 Å². The van der Waals surface area contributed by atoms with Crippen LogP contribution in [0.4, 0.5) is 22.7 Å². The molecule has 0 aliphatic carbocycles. The molecule has 4 aromatic carbocycles. The monoisotopic (exact) mass is 748 g/mol. The smallest absolute Gasteiger partial charge is 0.297 e. The zero-order valence-electron chi connectivity index (χ0n) is 29.8. The summed E-state index contributed by atoms with van der Waals surface area (Å²) in [6.45, 7) is 8.33. The van der Waals surface area contributed by atoms with Crippen molar-refractivity contribution >= 4 is 58.8 Å². The molecule has 12 heteroatoms. The van der Waals surface area contributed by atoms with Crippen molar-refractivity contribution in [2.75, 3.05) is 35.4 Å². The number of anilines is 4. The summed E-state index contributed by atoms with van der Waals surface area (Å²) in [5, 5.41) is 0. The van der Waals surface area contributed by atoms with Gasteiger partial charge in [0.15, 0.2) is 5.78 Å². The maximum atomic E-state index is 14.0. The zero-order chi connectivity index (χ0) is 36.5. The highest BCUT2D eigenvalue weighted by Crippen LogP contribution is 2.63.